The minimum Gasteiger partial charge on any atom is -0.503 e. The van der Waals surface area contributed by atoms with Crippen LogP contribution >= 0.6 is 0 Å². The van der Waals surface area contributed by atoms with E-state index in [1.807, 2.05) is 18.2 Å². The second-order valence-electron chi connectivity index (χ2n) is 6.77. The molecule has 2 aliphatic rings. The van der Waals surface area contributed by atoms with E-state index in [9.17, 15) is 14.7 Å². The molecule has 2 aliphatic heterocycles. The van der Waals surface area contributed by atoms with E-state index < -0.39 is 17.7 Å². The van der Waals surface area contributed by atoms with Crippen molar-refractivity contribution in [1.82, 2.24) is 9.80 Å². The summed E-state index contributed by atoms with van der Waals surface area (Å²) in [6.45, 7) is 5.87. The van der Waals surface area contributed by atoms with Crippen LogP contribution in [0.3, 0.4) is 0 Å². The molecule has 0 aromatic heterocycles. The molecule has 0 spiro atoms. The fourth-order valence-electron chi connectivity index (χ4n) is 3.75. The molecule has 1 atom stereocenters. The maximum absolute atomic E-state index is 12.7. The Labute approximate surface area is 159 Å². The Balaban J connectivity index is 1.82. The van der Waals surface area contributed by atoms with E-state index in [2.05, 4.69) is 4.90 Å². The fourth-order valence-corrected chi connectivity index (χ4v) is 3.75. The van der Waals surface area contributed by atoms with Gasteiger partial charge < -0.3 is 19.5 Å². The number of benzene rings is 1. The molecular weight excluding hydrogens is 348 g/mol. The summed E-state index contributed by atoms with van der Waals surface area (Å²) in [7, 11) is 1.55. The van der Waals surface area contributed by atoms with Gasteiger partial charge in [0.15, 0.2) is 11.5 Å². The molecule has 1 N–H and O–H groups in total. The van der Waals surface area contributed by atoms with Crippen LogP contribution in [0, 0.1) is 0 Å². The zero-order chi connectivity index (χ0) is 19.4. The van der Waals surface area contributed by atoms with Crippen molar-refractivity contribution in [2.24, 2.45) is 0 Å². The van der Waals surface area contributed by atoms with Crippen LogP contribution in [0.15, 0.2) is 35.6 Å². The number of hydrogen-bond donors (Lipinski definition) is 1. The summed E-state index contributed by atoms with van der Waals surface area (Å²) in [5.74, 6) is -0.683. The fraction of sp³-hybridized carbons (Fsp3) is 0.500. The molecule has 27 heavy (non-hydrogen) atoms. The summed E-state index contributed by atoms with van der Waals surface area (Å²) in [5.41, 5.74) is 0.838. The van der Waals surface area contributed by atoms with Crippen LogP contribution < -0.4 is 4.74 Å². The first kappa shape index (κ1) is 19.4. The first-order chi connectivity index (χ1) is 13.0. The maximum atomic E-state index is 12.7. The minimum absolute atomic E-state index is 0.135. The molecule has 2 heterocycles. The lowest BCUT2D eigenvalue weighted by Crippen LogP contribution is -2.39. The highest BCUT2D eigenvalue weighted by Crippen LogP contribution is 2.41. The van der Waals surface area contributed by atoms with E-state index >= 15 is 0 Å². The van der Waals surface area contributed by atoms with E-state index in [-0.39, 0.29) is 11.4 Å². The number of amides is 1. The molecule has 3 rings (SSSR count). The van der Waals surface area contributed by atoms with Crippen LogP contribution in [-0.4, -0.2) is 73.1 Å². The molecule has 0 radical (unpaired) electrons. The molecule has 146 valence electrons. The van der Waals surface area contributed by atoms with E-state index in [0.717, 1.165) is 39.3 Å². The largest absolute Gasteiger partial charge is 0.503 e. The molecule has 1 aromatic rings. The molecule has 1 unspecified atom stereocenters. The molecule has 7 heteroatoms. The quantitative estimate of drug-likeness (QED) is 0.783. The summed E-state index contributed by atoms with van der Waals surface area (Å²) in [6, 6.07) is 6.66. The van der Waals surface area contributed by atoms with Crippen molar-refractivity contribution in [2.75, 3.05) is 46.5 Å². The average Bonchev–Trinajstić information content (AvgIpc) is 2.93. The molecule has 1 aromatic carbocycles. The lowest BCUT2D eigenvalue weighted by atomic mass is 9.96. The first-order valence-corrected chi connectivity index (χ1v) is 9.22. The number of morpholine rings is 1. The number of hydrogen-bond acceptors (Lipinski definition) is 6. The smallest absolute Gasteiger partial charge is 0.290 e. The van der Waals surface area contributed by atoms with Crippen LogP contribution in [0.5, 0.6) is 5.75 Å². The first-order valence-electron chi connectivity index (χ1n) is 9.22. The maximum Gasteiger partial charge on any atom is 0.290 e. The standard InChI is InChI=1S/C20H26N2O5/c1-14(23)17-18(15-6-3-4-7-16(15)26-2)22(20(25)19(17)24)9-5-8-21-10-12-27-13-11-21/h3-4,6-7,18,24H,5,8-13H2,1-2H3. The molecular formula is C20H26N2O5. The highest BCUT2D eigenvalue weighted by Gasteiger charge is 2.43. The summed E-state index contributed by atoms with van der Waals surface area (Å²) in [6.07, 6.45) is 0.746. The lowest BCUT2D eigenvalue weighted by Gasteiger charge is -2.30. The molecule has 0 aliphatic carbocycles. The number of Topliss-reactive ketones (excluding diaryl/α,β-unsaturated/α-hetero) is 1. The van der Waals surface area contributed by atoms with Gasteiger partial charge >= 0.3 is 0 Å². The van der Waals surface area contributed by atoms with Gasteiger partial charge in [0.1, 0.15) is 5.75 Å². The molecule has 7 nitrogen and oxygen atoms in total. The SMILES string of the molecule is COc1ccccc1C1C(C(C)=O)=C(O)C(=O)N1CCCN1CCOCC1. The Hall–Kier alpha value is -2.38. The van der Waals surface area contributed by atoms with Gasteiger partial charge in [-0.15, -0.1) is 0 Å². The van der Waals surface area contributed by atoms with E-state index in [0.29, 0.717) is 17.9 Å². The van der Waals surface area contributed by atoms with Crippen molar-refractivity contribution in [3.05, 3.63) is 41.2 Å². The third kappa shape index (κ3) is 3.99. The number of para-hydroxylation sites is 1. The summed E-state index contributed by atoms with van der Waals surface area (Å²) in [4.78, 5) is 28.7. The van der Waals surface area contributed by atoms with Crippen molar-refractivity contribution in [2.45, 2.75) is 19.4 Å². The average molecular weight is 374 g/mol. The second kappa shape index (κ2) is 8.54. The van der Waals surface area contributed by atoms with Crippen molar-refractivity contribution in [1.29, 1.82) is 0 Å². The highest BCUT2D eigenvalue weighted by atomic mass is 16.5. The number of ketones is 1. The van der Waals surface area contributed by atoms with Crippen molar-refractivity contribution < 1.29 is 24.2 Å². The van der Waals surface area contributed by atoms with Gasteiger partial charge in [-0.3, -0.25) is 14.5 Å². The van der Waals surface area contributed by atoms with Gasteiger partial charge in [0.2, 0.25) is 0 Å². The topological polar surface area (TPSA) is 79.3 Å². The predicted molar refractivity (Wildman–Crippen MR) is 99.7 cm³/mol. The Morgan fingerprint density at radius 3 is 2.63 bits per heavy atom. The van der Waals surface area contributed by atoms with Gasteiger partial charge in [-0.1, -0.05) is 18.2 Å². The minimum atomic E-state index is -0.629. The highest BCUT2D eigenvalue weighted by molar-refractivity contribution is 6.08. The van der Waals surface area contributed by atoms with Gasteiger partial charge in [-0.05, 0) is 19.4 Å². The van der Waals surface area contributed by atoms with E-state index in [1.165, 1.54) is 6.92 Å². The second-order valence-corrected chi connectivity index (χ2v) is 6.77. The van der Waals surface area contributed by atoms with Gasteiger partial charge in [-0.25, -0.2) is 0 Å². The molecule has 0 saturated carbocycles. The van der Waals surface area contributed by atoms with Gasteiger partial charge in [0.05, 0.1) is 31.9 Å². The third-order valence-corrected chi connectivity index (χ3v) is 5.09. The van der Waals surface area contributed by atoms with Crippen LogP contribution in [-0.2, 0) is 14.3 Å². The number of carbonyl (C=O) groups excluding carboxylic acids is 2. The van der Waals surface area contributed by atoms with Crippen molar-refractivity contribution in [3.63, 3.8) is 0 Å². The van der Waals surface area contributed by atoms with Crippen LogP contribution in [0.4, 0.5) is 0 Å². The molecule has 1 saturated heterocycles. The number of nitrogens with zero attached hydrogens (tertiary/aromatic N) is 2. The molecule has 1 amide bonds. The third-order valence-electron chi connectivity index (χ3n) is 5.09. The van der Waals surface area contributed by atoms with E-state index in [1.54, 1.807) is 18.1 Å². The Morgan fingerprint density at radius 2 is 1.96 bits per heavy atom. The number of aliphatic hydroxyl groups excluding tert-OH is 1. The lowest BCUT2D eigenvalue weighted by molar-refractivity contribution is -0.129. The van der Waals surface area contributed by atoms with Crippen LogP contribution in [0.2, 0.25) is 0 Å². The number of aliphatic hydroxyl groups is 1. The van der Waals surface area contributed by atoms with Crippen molar-refractivity contribution >= 4 is 11.7 Å². The number of ether oxygens (including phenoxy) is 2. The van der Waals surface area contributed by atoms with E-state index in [4.69, 9.17) is 9.47 Å². The van der Waals surface area contributed by atoms with Crippen LogP contribution in [0.25, 0.3) is 0 Å². The Kier molecular flexibility index (Phi) is 6.13. The van der Waals surface area contributed by atoms with Gasteiger partial charge in [0, 0.05) is 31.7 Å². The zero-order valence-corrected chi connectivity index (χ0v) is 15.8. The molecule has 0 bridgehead atoms. The van der Waals surface area contributed by atoms with Gasteiger partial charge in [-0.2, -0.15) is 0 Å². The van der Waals surface area contributed by atoms with Crippen molar-refractivity contribution in [3.8, 4) is 5.75 Å². The summed E-state index contributed by atoms with van der Waals surface area (Å²) in [5, 5.41) is 10.3. The Morgan fingerprint density at radius 1 is 1.26 bits per heavy atom. The summed E-state index contributed by atoms with van der Waals surface area (Å²) < 4.78 is 10.8. The predicted octanol–water partition coefficient (Wildman–Crippen LogP) is 1.70. The monoisotopic (exact) mass is 374 g/mol. The normalized spacial score (nSPS) is 21.0. The number of rotatable bonds is 7. The van der Waals surface area contributed by atoms with Gasteiger partial charge in [0.25, 0.3) is 5.91 Å². The summed E-state index contributed by atoms with van der Waals surface area (Å²) >= 11 is 0. The number of carbonyl (C=O) groups is 2. The Bertz CT molecular complexity index is 740. The van der Waals surface area contributed by atoms with Crippen LogP contribution in [0.1, 0.15) is 24.9 Å². The number of methoxy groups -OCH3 is 1. The molecule has 1 fully saturated rings. The zero-order valence-electron chi connectivity index (χ0n) is 15.8.